The van der Waals surface area contributed by atoms with Gasteiger partial charge in [-0.05, 0) is 35.0 Å². The molecule has 0 spiro atoms. The van der Waals surface area contributed by atoms with E-state index in [2.05, 4.69) is 26.0 Å². The lowest BCUT2D eigenvalue weighted by Gasteiger charge is -2.13. The van der Waals surface area contributed by atoms with Gasteiger partial charge in [0.05, 0.1) is 4.47 Å². The van der Waals surface area contributed by atoms with Crippen LogP contribution in [-0.2, 0) is 10.0 Å². The molecular formula is C10H12BrClF2N2O2S. The van der Waals surface area contributed by atoms with E-state index in [4.69, 9.17) is 0 Å². The topological polar surface area (TPSA) is 58.2 Å². The first-order valence-corrected chi connectivity index (χ1v) is 7.55. The first-order chi connectivity index (χ1) is 8.40. The molecule has 1 saturated heterocycles. The third-order valence-corrected chi connectivity index (χ3v) is 4.79. The molecule has 19 heavy (non-hydrogen) atoms. The van der Waals surface area contributed by atoms with E-state index >= 15 is 0 Å². The molecule has 0 aliphatic carbocycles. The lowest BCUT2D eigenvalue weighted by Crippen LogP contribution is -2.36. The highest BCUT2D eigenvalue weighted by Crippen LogP contribution is 2.23. The minimum Gasteiger partial charge on any atom is -0.315 e. The molecule has 1 aromatic carbocycles. The average molecular weight is 378 g/mol. The van der Waals surface area contributed by atoms with Crippen LogP contribution in [0.4, 0.5) is 8.78 Å². The van der Waals surface area contributed by atoms with Crippen LogP contribution in [0.1, 0.15) is 6.42 Å². The number of sulfonamides is 1. The maximum Gasteiger partial charge on any atom is 0.243 e. The molecule has 1 atom stereocenters. The average Bonchev–Trinajstić information content (AvgIpc) is 2.75. The normalized spacial score (nSPS) is 19.2. The fourth-order valence-corrected chi connectivity index (χ4v) is 3.60. The monoisotopic (exact) mass is 376 g/mol. The zero-order valence-corrected chi connectivity index (χ0v) is 12.8. The third-order valence-electron chi connectivity index (χ3n) is 2.65. The highest BCUT2D eigenvalue weighted by Gasteiger charge is 2.26. The number of hydrogen-bond donors (Lipinski definition) is 2. The summed E-state index contributed by atoms with van der Waals surface area (Å²) in [4.78, 5) is -0.553. The van der Waals surface area contributed by atoms with Gasteiger partial charge in [0.1, 0.15) is 16.5 Å². The largest absolute Gasteiger partial charge is 0.315 e. The van der Waals surface area contributed by atoms with Gasteiger partial charge in [0.2, 0.25) is 10.0 Å². The van der Waals surface area contributed by atoms with Crippen LogP contribution in [0.3, 0.4) is 0 Å². The van der Waals surface area contributed by atoms with Gasteiger partial charge in [-0.1, -0.05) is 0 Å². The molecule has 1 heterocycles. The third kappa shape index (κ3) is 3.85. The number of benzene rings is 1. The van der Waals surface area contributed by atoms with Gasteiger partial charge in [-0.25, -0.2) is 21.9 Å². The Bertz CT molecular complexity index is 565. The lowest BCUT2D eigenvalue weighted by atomic mass is 10.3. The van der Waals surface area contributed by atoms with Crippen LogP contribution in [0.5, 0.6) is 0 Å². The Morgan fingerprint density at radius 3 is 2.58 bits per heavy atom. The molecule has 1 unspecified atom stereocenters. The Labute approximate surface area is 124 Å². The van der Waals surface area contributed by atoms with Crippen LogP contribution in [0, 0.1) is 11.6 Å². The Kier molecular flexibility index (Phi) is 5.69. The molecule has 0 radical (unpaired) electrons. The van der Waals surface area contributed by atoms with E-state index in [1.165, 1.54) is 0 Å². The van der Waals surface area contributed by atoms with Gasteiger partial charge >= 0.3 is 0 Å². The zero-order valence-electron chi connectivity index (χ0n) is 9.62. The summed E-state index contributed by atoms with van der Waals surface area (Å²) in [6, 6.07) is 1.21. The second kappa shape index (κ2) is 6.45. The predicted octanol–water partition coefficient (Wildman–Crippen LogP) is 1.79. The second-order valence-corrected chi connectivity index (χ2v) is 6.54. The summed E-state index contributed by atoms with van der Waals surface area (Å²) < 4.78 is 52.7. The van der Waals surface area contributed by atoms with E-state index in [0.717, 1.165) is 6.07 Å². The molecule has 0 saturated carbocycles. The summed E-state index contributed by atoms with van der Waals surface area (Å²) in [5, 5.41) is 2.99. The van der Waals surface area contributed by atoms with Crippen LogP contribution < -0.4 is 10.0 Å². The van der Waals surface area contributed by atoms with E-state index in [1.807, 2.05) is 0 Å². The lowest BCUT2D eigenvalue weighted by molar-refractivity contribution is 0.532. The molecule has 9 heteroatoms. The highest BCUT2D eigenvalue weighted by molar-refractivity contribution is 9.10. The van der Waals surface area contributed by atoms with Crippen LogP contribution in [-0.4, -0.2) is 27.5 Å². The van der Waals surface area contributed by atoms with Crippen LogP contribution in [0.2, 0.25) is 0 Å². The predicted molar refractivity (Wildman–Crippen MR) is 72.9 cm³/mol. The van der Waals surface area contributed by atoms with Crippen molar-refractivity contribution in [2.24, 2.45) is 0 Å². The van der Waals surface area contributed by atoms with Crippen molar-refractivity contribution in [2.75, 3.05) is 13.1 Å². The highest BCUT2D eigenvalue weighted by atomic mass is 79.9. The molecule has 2 N–H and O–H groups in total. The van der Waals surface area contributed by atoms with Crippen molar-refractivity contribution in [3.05, 3.63) is 28.2 Å². The summed E-state index contributed by atoms with van der Waals surface area (Å²) in [5.74, 6) is -1.94. The van der Waals surface area contributed by atoms with E-state index in [0.29, 0.717) is 25.6 Å². The maximum absolute atomic E-state index is 13.5. The number of nitrogens with one attached hydrogen (secondary N) is 2. The molecule has 1 aliphatic rings. The van der Waals surface area contributed by atoms with Gasteiger partial charge in [-0.15, -0.1) is 12.4 Å². The Balaban J connectivity index is 0.00000180. The number of halogens is 4. The van der Waals surface area contributed by atoms with Crippen molar-refractivity contribution in [2.45, 2.75) is 17.4 Å². The summed E-state index contributed by atoms with van der Waals surface area (Å²) in [7, 11) is -3.98. The van der Waals surface area contributed by atoms with Crippen molar-refractivity contribution in [3.63, 3.8) is 0 Å². The Morgan fingerprint density at radius 2 is 2.00 bits per heavy atom. The van der Waals surface area contributed by atoms with Crippen LogP contribution >= 0.6 is 28.3 Å². The first-order valence-electron chi connectivity index (χ1n) is 5.28. The molecule has 108 valence electrons. The molecule has 1 aliphatic heterocycles. The van der Waals surface area contributed by atoms with Gasteiger partial charge < -0.3 is 5.32 Å². The van der Waals surface area contributed by atoms with Crippen molar-refractivity contribution >= 4 is 38.4 Å². The molecule has 1 fully saturated rings. The Hall–Kier alpha value is -0.280. The standard InChI is InChI=1S/C10H11BrF2N2O2S.ClH/c11-7-3-10(9(13)4-8(7)12)18(16,17)15-6-1-2-14-5-6;/h3-4,6,14-15H,1-2,5H2;1H. The molecule has 1 aromatic rings. The molecule has 2 rings (SSSR count). The van der Waals surface area contributed by atoms with E-state index in [-0.39, 0.29) is 22.9 Å². The summed E-state index contributed by atoms with van der Waals surface area (Å²) in [5.41, 5.74) is 0. The van der Waals surface area contributed by atoms with E-state index < -0.39 is 26.6 Å². The molecule has 0 amide bonds. The van der Waals surface area contributed by atoms with Crippen LogP contribution in [0.25, 0.3) is 0 Å². The van der Waals surface area contributed by atoms with E-state index in [9.17, 15) is 17.2 Å². The van der Waals surface area contributed by atoms with Crippen molar-refractivity contribution in [1.82, 2.24) is 10.0 Å². The molecule has 0 aromatic heterocycles. The van der Waals surface area contributed by atoms with Crippen molar-refractivity contribution in [3.8, 4) is 0 Å². The number of hydrogen-bond acceptors (Lipinski definition) is 3. The van der Waals surface area contributed by atoms with Crippen molar-refractivity contribution in [1.29, 1.82) is 0 Å². The van der Waals surface area contributed by atoms with E-state index in [1.54, 1.807) is 0 Å². The SMILES string of the molecule is Cl.O=S(=O)(NC1CCNC1)c1cc(Br)c(F)cc1F. The van der Waals surface area contributed by atoms with Gasteiger partial charge in [0, 0.05) is 18.7 Å². The summed E-state index contributed by atoms with van der Waals surface area (Å²) in [6.07, 6.45) is 0.642. The number of rotatable bonds is 3. The van der Waals surface area contributed by atoms with Gasteiger partial charge in [-0.3, -0.25) is 0 Å². The minimum absolute atomic E-state index is 0. The zero-order chi connectivity index (χ0) is 13.3. The molecule has 0 bridgehead atoms. The van der Waals surface area contributed by atoms with Gasteiger partial charge in [0.25, 0.3) is 0 Å². The Morgan fingerprint density at radius 1 is 1.32 bits per heavy atom. The molecular weight excluding hydrogens is 366 g/mol. The van der Waals surface area contributed by atoms with Crippen LogP contribution in [0.15, 0.2) is 21.5 Å². The van der Waals surface area contributed by atoms with Crippen molar-refractivity contribution < 1.29 is 17.2 Å². The second-order valence-electron chi connectivity index (χ2n) is 4.01. The first kappa shape index (κ1) is 16.8. The quantitative estimate of drug-likeness (QED) is 0.790. The maximum atomic E-state index is 13.5. The van der Waals surface area contributed by atoms with Gasteiger partial charge in [0.15, 0.2) is 0 Å². The summed E-state index contributed by atoms with van der Waals surface area (Å²) >= 11 is 2.84. The summed E-state index contributed by atoms with van der Waals surface area (Å²) in [6.45, 7) is 1.21. The fourth-order valence-electron chi connectivity index (χ4n) is 1.75. The smallest absolute Gasteiger partial charge is 0.243 e. The fraction of sp³-hybridized carbons (Fsp3) is 0.400. The van der Waals surface area contributed by atoms with Gasteiger partial charge in [-0.2, -0.15) is 0 Å². The minimum atomic E-state index is -3.98. The molecule has 4 nitrogen and oxygen atoms in total.